The van der Waals surface area contributed by atoms with Crippen molar-refractivity contribution in [1.82, 2.24) is 4.90 Å². The van der Waals surface area contributed by atoms with Crippen LogP contribution in [0, 0.1) is 17.8 Å². The van der Waals surface area contributed by atoms with Crippen molar-refractivity contribution in [3.8, 4) is 0 Å². The monoisotopic (exact) mass is 292 g/mol. The smallest absolute Gasteiger partial charge is 0.342 e. The molecular weight excluding hydrogens is 269 g/mol. The molecule has 1 saturated heterocycles. The summed E-state index contributed by atoms with van der Waals surface area (Å²) in [5.74, 6) is -1.65. The number of amides is 1. The number of piperidine rings is 1. The molecule has 1 amide bonds. The van der Waals surface area contributed by atoms with Crippen molar-refractivity contribution in [1.29, 1.82) is 0 Å². The highest BCUT2D eigenvalue weighted by molar-refractivity contribution is 5.79. The van der Waals surface area contributed by atoms with Gasteiger partial charge in [0.2, 0.25) is 5.91 Å². The van der Waals surface area contributed by atoms with Crippen LogP contribution in [0.1, 0.15) is 39.0 Å². The van der Waals surface area contributed by atoms with Gasteiger partial charge in [0.05, 0.1) is 5.92 Å². The zero-order valence-corrected chi connectivity index (χ0v) is 11.8. The first-order chi connectivity index (χ1) is 9.29. The van der Waals surface area contributed by atoms with Crippen LogP contribution in [-0.4, -0.2) is 36.1 Å². The fraction of sp³-hybridized carbons (Fsp3) is 0.929. The van der Waals surface area contributed by atoms with Crippen LogP contribution >= 0.6 is 0 Å². The summed E-state index contributed by atoms with van der Waals surface area (Å²) in [5.41, 5.74) is 5.91. The minimum Gasteiger partial charge on any atom is -0.342 e. The Bertz CT molecular complexity index is 359. The standard InChI is InChI=1S/C14H23F3N2O/c1-9-8-19(6-5-12(9)18)13(20)10-3-2-4-11(7-10)14(15,16)17/h9-12H,2-8,18H2,1H3. The fourth-order valence-corrected chi connectivity index (χ4v) is 3.33. The van der Waals surface area contributed by atoms with Crippen LogP contribution in [0.3, 0.4) is 0 Å². The van der Waals surface area contributed by atoms with E-state index in [1.54, 1.807) is 4.90 Å². The minimum atomic E-state index is -4.17. The average molecular weight is 292 g/mol. The Morgan fingerprint density at radius 3 is 2.55 bits per heavy atom. The van der Waals surface area contributed by atoms with Gasteiger partial charge in [-0.15, -0.1) is 0 Å². The summed E-state index contributed by atoms with van der Waals surface area (Å²) in [5, 5.41) is 0. The Labute approximate surface area is 117 Å². The van der Waals surface area contributed by atoms with Crippen molar-refractivity contribution in [2.45, 2.75) is 51.2 Å². The molecule has 6 heteroatoms. The van der Waals surface area contributed by atoms with Crippen LogP contribution in [0.2, 0.25) is 0 Å². The molecular formula is C14H23F3N2O. The second-order valence-corrected chi connectivity index (χ2v) is 6.32. The number of alkyl halides is 3. The Hall–Kier alpha value is -0.780. The third kappa shape index (κ3) is 3.45. The van der Waals surface area contributed by atoms with Crippen LogP contribution in [0.4, 0.5) is 13.2 Å². The van der Waals surface area contributed by atoms with Gasteiger partial charge in [-0.05, 0) is 31.6 Å². The molecule has 2 rings (SSSR count). The zero-order valence-electron chi connectivity index (χ0n) is 11.8. The number of nitrogens with zero attached hydrogens (tertiary/aromatic N) is 1. The molecule has 2 N–H and O–H groups in total. The van der Waals surface area contributed by atoms with E-state index in [9.17, 15) is 18.0 Å². The fourth-order valence-electron chi connectivity index (χ4n) is 3.33. The molecule has 1 heterocycles. The predicted octanol–water partition coefficient (Wildman–Crippen LogP) is 2.55. The highest BCUT2D eigenvalue weighted by atomic mass is 19.4. The molecule has 1 aliphatic carbocycles. The number of hydrogen-bond donors (Lipinski definition) is 1. The number of carbonyl (C=O) groups excluding carboxylic acids is 1. The van der Waals surface area contributed by atoms with Crippen molar-refractivity contribution < 1.29 is 18.0 Å². The predicted molar refractivity (Wildman–Crippen MR) is 69.8 cm³/mol. The Morgan fingerprint density at radius 1 is 1.25 bits per heavy atom. The second-order valence-electron chi connectivity index (χ2n) is 6.32. The molecule has 20 heavy (non-hydrogen) atoms. The quantitative estimate of drug-likeness (QED) is 0.807. The number of rotatable bonds is 1. The molecule has 2 aliphatic rings. The molecule has 4 atom stereocenters. The van der Waals surface area contributed by atoms with Crippen LogP contribution in [0.15, 0.2) is 0 Å². The van der Waals surface area contributed by atoms with E-state index in [0.717, 1.165) is 6.42 Å². The molecule has 2 fully saturated rings. The van der Waals surface area contributed by atoms with Gasteiger partial charge in [0, 0.05) is 25.0 Å². The Balaban J connectivity index is 1.95. The lowest BCUT2D eigenvalue weighted by Gasteiger charge is -2.38. The molecule has 1 aliphatic heterocycles. The number of likely N-dealkylation sites (tertiary alicyclic amines) is 1. The lowest BCUT2D eigenvalue weighted by molar-refractivity contribution is -0.187. The molecule has 0 aromatic carbocycles. The highest BCUT2D eigenvalue weighted by Crippen LogP contribution is 2.40. The van der Waals surface area contributed by atoms with Crippen LogP contribution in [0.5, 0.6) is 0 Å². The van der Waals surface area contributed by atoms with Crippen LogP contribution < -0.4 is 5.73 Å². The largest absolute Gasteiger partial charge is 0.391 e. The summed E-state index contributed by atoms with van der Waals surface area (Å²) in [6.07, 6.45) is -2.24. The first-order valence-corrected chi connectivity index (χ1v) is 7.40. The summed E-state index contributed by atoms with van der Waals surface area (Å²) >= 11 is 0. The van der Waals surface area contributed by atoms with Gasteiger partial charge in [-0.1, -0.05) is 13.3 Å². The van der Waals surface area contributed by atoms with Crippen molar-refractivity contribution >= 4 is 5.91 Å². The first-order valence-electron chi connectivity index (χ1n) is 7.40. The third-order valence-corrected chi connectivity index (χ3v) is 4.77. The van der Waals surface area contributed by atoms with Crippen LogP contribution in [0.25, 0.3) is 0 Å². The lowest BCUT2D eigenvalue weighted by atomic mass is 9.80. The van der Waals surface area contributed by atoms with Gasteiger partial charge in [0.25, 0.3) is 0 Å². The number of halogens is 3. The molecule has 0 aromatic rings. The van der Waals surface area contributed by atoms with Gasteiger partial charge < -0.3 is 10.6 Å². The van der Waals surface area contributed by atoms with Crippen molar-refractivity contribution in [3.63, 3.8) is 0 Å². The molecule has 4 unspecified atom stereocenters. The van der Waals surface area contributed by atoms with Gasteiger partial charge in [0.1, 0.15) is 0 Å². The third-order valence-electron chi connectivity index (χ3n) is 4.77. The second kappa shape index (κ2) is 5.92. The maximum Gasteiger partial charge on any atom is 0.391 e. The molecule has 0 spiro atoms. The maximum atomic E-state index is 12.8. The molecule has 1 saturated carbocycles. The van der Waals surface area contributed by atoms with Crippen LogP contribution in [-0.2, 0) is 4.79 Å². The van der Waals surface area contributed by atoms with E-state index in [0.29, 0.717) is 25.9 Å². The normalized spacial score (nSPS) is 36.0. The van der Waals surface area contributed by atoms with E-state index in [2.05, 4.69) is 0 Å². The minimum absolute atomic E-state index is 0.0424. The highest BCUT2D eigenvalue weighted by Gasteiger charge is 2.44. The van der Waals surface area contributed by atoms with Gasteiger partial charge in [-0.25, -0.2) is 0 Å². The number of nitrogens with two attached hydrogens (primary N) is 1. The van der Waals surface area contributed by atoms with Gasteiger partial charge in [-0.3, -0.25) is 4.79 Å². The van der Waals surface area contributed by atoms with Gasteiger partial charge >= 0.3 is 6.18 Å². The summed E-state index contributed by atoms with van der Waals surface area (Å²) in [6, 6.07) is 0.0910. The first kappa shape index (κ1) is 15.6. The van der Waals surface area contributed by atoms with E-state index in [-0.39, 0.29) is 30.7 Å². The lowest BCUT2D eigenvalue weighted by Crippen LogP contribution is -2.50. The van der Waals surface area contributed by atoms with Crippen molar-refractivity contribution in [2.75, 3.05) is 13.1 Å². The maximum absolute atomic E-state index is 12.8. The summed E-state index contributed by atoms with van der Waals surface area (Å²) < 4.78 is 38.4. The van der Waals surface area contributed by atoms with Crippen molar-refractivity contribution in [2.24, 2.45) is 23.5 Å². The Morgan fingerprint density at radius 2 is 1.95 bits per heavy atom. The zero-order chi connectivity index (χ0) is 14.9. The average Bonchev–Trinajstić information content (AvgIpc) is 2.40. The topological polar surface area (TPSA) is 46.3 Å². The summed E-state index contributed by atoms with van der Waals surface area (Å²) in [6.45, 7) is 3.15. The summed E-state index contributed by atoms with van der Waals surface area (Å²) in [4.78, 5) is 14.1. The van der Waals surface area contributed by atoms with E-state index in [1.165, 1.54) is 0 Å². The van der Waals surface area contributed by atoms with E-state index in [1.807, 2.05) is 6.92 Å². The Kier molecular flexibility index (Phi) is 4.62. The van der Waals surface area contributed by atoms with E-state index in [4.69, 9.17) is 5.73 Å². The number of carbonyl (C=O) groups is 1. The molecule has 3 nitrogen and oxygen atoms in total. The number of hydrogen-bond acceptors (Lipinski definition) is 2. The van der Waals surface area contributed by atoms with Gasteiger partial charge in [0.15, 0.2) is 0 Å². The summed E-state index contributed by atoms with van der Waals surface area (Å²) in [7, 11) is 0. The SMILES string of the molecule is CC1CN(C(=O)C2CCCC(C(F)(F)F)C2)CCC1N. The molecule has 0 radical (unpaired) electrons. The van der Waals surface area contributed by atoms with Crippen molar-refractivity contribution in [3.05, 3.63) is 0 Å². The van der Waals surface area contributed by atoms with Gasteiger partial charge in [-0.2, -0.15) is 13.2 Å². The molecule has 0 bridgehead atoms. The van der Waals surface area contributed by atoms with E-state index < -0.39 is 18.0 Å². The van der Waals surface area contributed by atoms with E-state index >= 15 is 0 Å². The molecule has 116 valence electrons. The molecule has 0 aromatic heterocycles.